The molecular weight excluding hydrogens is 386 g/mol. The van der Waals surface area contributed by atoms with Crippen molar-refractivity contribution in [2.24, 2.45) is 5.92 Å². The van der Waals surface area contributed by atoms with E-state index in [9.17, 15) is 9.59 Å². The van der Waals surface area contributed by atoms with E-state index in [4.69, 9.17) is 4.74 Å². The van der Waals surface area contributed by atoms with Crippen molar-refractivity contribution < 1.29 is 14.3 Å². The molecule has 2 aliphatic heterocycles. The zero-order chi connectivity index (χ0) is 20.2. The Morgan fingerprint density at radius 2 is 2.03 bits per heavy atom. The van der Waals surface area contributed by atoms with E-state index in [1.54, 1.807) is 11.3 Å². The number of hydrogen-bond donors (Lipinski definition) is 0. The Morgan fingerprint density at radius 1 is 1.24 bits per heavy atom. The first-order chi connectivity index (χ1) is 14.1. The summed E-state index contributed by atoms with van der Waals surface area (Å²) in [5, 5.41) is 1.23. The Bertz CT molecular complexity index is 829. The summed E-state index contributed by atoms with van der Waals surface area (Å²) in [5.74, 6) is 0.220. The van der Waals surface area contributed by atoms with E-state index in [1.807, 2.05) is 29.0 Å². The minimum Gasteiger partial charge on any atom is -0.379 e. The van der Waals surface area contributed by atoms with E-state index in [-0.39, 0.29) is 17.7 Å². The highest BCUT2D eigenvalue weighted by molar-refractivity contribution is 7.19. The molecule has 0 radical (unpaired) electrons. The number of fused-ring (bicyclic) bond motifs is 1. The summed E-state index contributed by atoms with van der Waals surface area (Å²) in [6, 6.07) is 10.5. The molecular formula is C22H29N3O3S. The molecule has 4 rings (SSSR count). The predicted molar refractivity (Wildman–Crippen MR) is 115 cm³/mol. The second-order valence-corrected chi connectivity index (χ2v) is 9.14. The molecule has 2 fully saturated rings. The normalized spacial score (nSPS) is 20.9. The van der Waals surface area contributed by atoms with Crippen LogP contribution in [0.15, 0.2) is 30.3 Å². The standard InChI is InChI=1S/C22H29N3O3S/c1-23(16-19-14-17-4-2-3-5-20(17)29-19)22(27)18-6-7-21(26)25(15-18)9-8-24-10-12-28-13-11-24/h2-5,14,18H,6-13,15-16H2,1H3. The summed E-state index contributed by atoms with van der Waals surface area (Å²) in [6.45, 7) is 6.07. The highest BCUT2D eigenvalue weighted by Gasteiger charge is 2.32. The number of carbonyl (C=O) groups is 2. The van der Waals surface area contributed by atoms with Gasteiger partial charge in [0.15, 0.2) is 0 Å². The number of nitrogens with zero attached hydrogens (tertiary/aromatic N) is 3. The van der Waals surface area contributed by atoms with Crippen LogP contribution in [0.2, 0.25) is 0 Å². The van der Waals surface area contributed by atoms with E-state index in [2.05, 4.69) is 23.1 Å². The average molecular weight is 416 g/mol. The number of amides is 2. The average Bonchev–Trinajstić information content (AvgIpc) is 3.15. The molecule has 2 aliphatic rings. The molecule has 3 heterocycles. The van der Waals surface area contributed by atoms with Gasteiger partial charge in [0.25, 0.3) is 0 Å². The Kier molecular flexibility index (Phi) is 6.47. The van der Waals surface area contributed by atoms with Crippen LogP contribution in [-0.2, 0) is 20.9 Å². The lowest BCUT2D eigenvalue weighted by Crippen LogP contribution is -2.49. The Labute approximate surface area is 176 Å². The molecule has 0 bridgehead atoms. The van der Waals surface area contributed by atoms with Crippen LogP contribution in [-0.4, -0.2) is 79.5 Å². The van der Waals surface area contributed by atoms with Crippen LogP contribution in [0.1, 0.15) is 17.7 Å². The second-order valence-electron chi connectivity index (χ2n) is 7.97. The maximum atomic E-state index is 13.0. The number of benzene rings is 1. The van der Waals surface area contributed by atoms with Gasteiger partial charge in [0.1, 0.15) is 0 Å². The van der Waals surface area contributed by atoms with Gasteiger partial charge in [-0.05, 0) is 23.9 Å². The van der Waals surface area contributed by atoms with Gasteiger partial charge in [-0.3, -0.25) is 14.5 Å². The quantitative estimate of drug-likeness (QED) is 0.727. The Balaban J connectivity index is 1.32. The van der Waals surface area contributed by atoms with Gasteiger partial charge in [0.2, 0.25) is 11.8 Å². The van der Waals surface area contributed by atoms with Crippen molar-refractivity contribution in [3.05, 3.63) is 35.2 Å². The molecule has 1 atom stereocenters. The van der Waals surface area contributed by atoms with Crippen LogP contribution >= 0.6 is 11.3 Å². The maximum Gasteiger partial charge on any atom is 0.227 e. The lowest BCUT2D eigenvalue weighted by molar-refractivity contribution is -0.142. The van der Waals surface area contributed by atoms with Crippen molar-refractivity contribution in [1.29, 1.82) is 0 Å². The first kappa shape index (κ1) is 20.3. The van der Waals surface area contributed by atoms with Crippen molar-refractivity contribution >= 4 is 33.2 Å². The van der Waals surface area contributed by atoms with E-state index < -0.39 is 0 Å². The predicted octanol–water partition coefficient (Wildman–Crippen LogP) is 2.43. The number of likely N-dealkylation sites (tertiary alicyclic amines) is 1. The first-order valence-corrected chi connectivity index (χ1v) is 11.2. The summed E-state index contributed by atoms with van der Waals surface area (Å²) in [5.41, 5.74) is 0. The number of ether oxygens (including phenoxy) is 1. The van der Waals surface area contributed by atoms with Crippen LogP contribution in [0, 0.1) is 5.92 Å². The van der Waals surface area contributed by atoms with Gasteiger partial charge >= 0.3 is 0 Å². The number of carbonyl (C=O) groups excluding carboxylic acids is 2. The molecule has 2 saturated heterocycles. The monoisotopic (exact) mass is 415 g/mol. The third kappa shape index (κ3) is 4.97. The summed E-state index contributed by atoms with van der Waals surface area (Å²) < 4.78 is 6.63. The Hall–Kier alpha value is -1.96. The number of hydrogen-bond acceptors (Lipinski definition) is 5. The molecule has 6 nitrogen and oxygen atoms in total. The largest absolute Gasteiger partial charge is 0.379 e. The minimum atomic E-state index is -0.100. The fourth-order valence-corrected chi connectivity index (χ4v) is 5.28. The molecule has 0 N–H and O–H groups in total. The van der Waals surface area contributed by atoms with Gasteiger partial charge in [-0.2, -0.15) is 0 Å². The van der Waals surface area contributed by atoms with E-state index in [0.717, 1.165) is 32.8 Å². The third-order valence-electron chi connectivity index (χ3n) is 5.89. The molecule has 0 spiro atoms. The molecule has 1 aromatic heterocycles. The minimum absolute atomic E-state index is 0.100. The fraction of sp³-hybridized carbons (Fsp3) is 0.545. The van der Waals surface area contributed by atoms with Crippen molar-refractivity contribution in [3.63, 3.8) is 0 Å². The molecule has 156 valence electrons. The Morgan fingerprint density at radius 3 is 2.83 bits per heavy atom. The zero-order valence-electron chi connectivity index (χ0n) is 17.0. The number of thiophene rings is 1. The van der Waals surface area contributed by atoms with Crippen LogP contribution in [0.25, 0.3) is 10.1 Å². The summed E-state index contributed by atoms with van der Waals surface area (Å²) in [7, 11) is 1.88. The van der Waals surface area contributed by atoms with Crippen LogP contribution in [0.4, 0.5) is 0 Å². The number of rotatable bonds is 6. The topological polar surface area (TPSA) is 53.1 Å². The smallest absolute Gasteiger partial charge is 0.227 e. The van der Waals surface area contributed by atoms with E-state index in [1.165, 1.54) is 15.0 Å². The van der Waals surface area contributed by atoms with E-state index >= 15 is 0 Å². The second kappa shape index (κ2) is 9.24. The van der Waals surface area contributed by atoms with Crippen molar-refractivity contribution in [2.45, 2.75) is 19.4 Å². The SMILES string of the molecule is CN(Cc1cc2ccccc2s1)C(=O)C1CCC(=O)N(CCN2CCOCC2)C1. The number of morpholine rings is 1. The molecule has 2 amide bonds. The van der Waals surface area contributed by atoms with Gasteiger partial charge < -0.3 is 14.5 Å². The molecule has 29 heavy (non-hydrogen) atoms. The molecule has 1 aromatic carbocycles. The highest BCUT2D eigenvalue weighted by Crippen LogP contribution is 2.27. The molecule has 2 aromatic rings. The fourth-order valence-electron chi connectivity index (χ4n) is 4.16. The van der Waals surface area contributed by atoms with Gasteiger partial charge in [0.05, 0.1) is 25.7 Å². The summed E-state index contributed by atoms with van der Waals surface area (Å²) >= 11 is 1.74. The maximum absolute atomic E-state index is 13.0. The molecule has 0 aliphatic carbocycles. The molecule has 1 unspecified atom stereocenters. The van der Waals surface area contributed by atoms with Gasteiger partial charge in [-0.1, -0.05) is 18.2 Å². The lowest BCUT2D eigenvalue weighted by Gasteiger charge is -2.35. The third-order valence-corrected chi connectivity index (χ3v) is 6.99. The number of piperidine rings is 1. The van der Waals surface area contributed by atoms with Crippen molar-refractivity contribution in [2.75, 3.05) is 53.0 Å². The highest BCUT2D eigenvalue weighted by atomic mass is 32.1. The van der Waals surface area contributed by atoms with E-state index in [0.29, 0.717) is 32.5 Å². The van der Waals surface area contributed by atoms with Crippen molar-refractivity contribution in [1.82, 2.24) is 14.7 Å². The van der Waals surface area contributed by atoms with Crippen LogP contribution < -0.4 is 0 Å². The first-order valence-electron chi connectivity index (χ1n) is 10.4. The van der Waals surface area contributed by atoms with Crippen LogP contribution in [0.5, 0.6) is 0 Å². The van der Waals surface area contributed by atoms with Gasteiger partial charge in [-0.25, -0.2) is 0 Å². The van der Waals surface area contributed by atoms with Crippen molar-refractivity contribution in [3.8, 4) is 0 Å². The lowest BCUT2D eigenvalue weighted by atomic mass is 9.96. The molecule has 7 heteroatoms. The summed E-state index contributed by atoms with van der Waals surface area (Å²) in [6.07, 6.45) is 1.12. The zero-order valence-corrected chi connectivity index (χ0v) is 17.8. The summed E-state index contributed by atoms with van der Waals surface area (Å²) in [4.78, 5) is 32.6. The molecule has 0 saturated carbocycles. The van der Waals surface area contributed by atoms with Gasteiger partial charge in [-0.15, -0.1) is 11.3 Å². The van der Waals surface area contributed by atoms with Crippen LogP contribution in [0.3, 0.4) is 0 Å². The van der Waals surface area contributed by atoms with Gasteiger partial charge in [0, 0.05) is 55.8 Å².